The second-order valence-corrected chi connectivity index (χ2v) is 6.17. The van der Waals surface area contributed by atoms with E-state index in [1.807, 2.05) is 16.8 Å². The van der Waals surface area contributed by atoms with Crippen LogP contribution in [0.1, 0.15) is 44.1 Å². The van der Waals surface area contributed by atoms with E-state index in [9.17, 15) is 14.7 Å². The average molecular weight is 295 g/mol. The molecule has 0 unspecified atom stereocenters. The summed E-state index contributed by atoms with van der Waals surface area (Å²) in [6, 6.07) is 1.81. The van der Waals surface area contributed by atoms with E-state index in [4.69, 9.17) is 0 Å². The third kappa shape index (κ3) is 4.34. The Bertz CT molecular complexity index is 444. The van der Waals surface area contributed by atoms with E-state index in [1.54, 1.807) is 11.3 Å². The van der Waals surface area contributed by atoms with Crippen molar-refractivity contribution in [2.75, 3.05) is 0 Å². The maximum Gasteiger partial charge on any atom is 0.308 e. The lowest BCUT2D eigenvalue weighted by atomic mass is 9.94. The molecule has 0 aliphatic heterocycles. The van der Waals surface area contributed by atoms with E-state index in [0.717, 1.165) is 32.1 Å². The zero-order chi connectivity index (χ0) is 14.4. The molecule has 1 aromatic rings. The van der Waals surface area contributed by atoms with Crippen LogP contribution in [0.25, 0.3) is 0 Å². The van der Waals surface area contributed by atoms with E-state index < -0.39 is 11.9 Å². The zero-order valence-electron chi connectivity index (χ0n) is 11.5. The first kappa shape index (κ1) is 15.0. The molecule has 20 heavy (non-hydrogen) atoms. The number of nitrogens with one attached hydrogen (secondary N) is 1. The summed E-state index contributed by atoms with van der Waals surface area (Å²) < 4.78 is 0. The first-order valence-corrected chi connectivity index (χ1v) is 8.14. The van der Waals surface area contributed by atoms with Crippen molar-refractivity contribution in [2.45, 2.75) is 51.0 Å². The third-order valence-electron chi connectivity index (χ3n) is 3.90. The van der Waals surface area contributed by atoms with Crippen molar-refractivity contribution >= 4 is 23.2 Å². The van der Waals surface area contributed by atoms with E-state index in [1.165, 1.54) is 5.56 Å². The molecule has 5 heteroatoms. The second kappa shape index (κ2) is 7.43. The SMILES string of the molecule is O=C(CCc1ccsc1)N[C@H]1CCCCC[C@@H]1C(=O)O. The Morgan fingerprint density at radius 3 is 2.80 bits per heavy atom. The van der Waals surface area contributed by atoms with Crippen LogP contribution in [0.2, 0.25) is 0 Å². The molecule has 1 heterocycles. The van der Waals surface area contributed by atoms with Crippen LogP contribution in [0.4, 0.5) is 0 Å². The number of rotatable bonds is 5. The number of amides is 1. The standard InChI is InChI=1S/C15H21NO3S/c17-14(7-6-11-8-9-20-10-11)16-13-5-3-1-2-4-12(13)15(18)19/h8-10,12-13H,1-7H2,(H,16,17)(H,18,19)/t12-,13-/m0/s1. The zero-order valence-corrected chi connectivity index (χ0v) is 12.3. The van der Waals surface area contributed by atoms with Crippen molar-refractivity contribution in [1.82, 2.24) is 5.32 Å². The third-order valence-corrected chi connectivity index (χ3v) is 4.63. The van der Waals surface area contributed by atoms with E-state index in [-0.39, 0.29) is 11.9 Å². The number of hydrogen-bond donors (Lipinski definition) is 2. The minimum absolute atomic E-state index is 0.0330. The number of carbonyl (C=O) groups excluding carboxylic acids is 1. The molecule has 0 bridgehead atoms. The molecule has 1 aromatic heterocycles. The highest BCUT2D eigenvalue weighted by molar-refractivity contribution is 7.07. The second-order valence-electron chi connectivity index (χ2n) is 5.39. The van der Waals surface area contributed by atoms with Crippen LogP contribution in [0.5, 0.6) is 0 Å². The quantitative estimate of drug-likeness (QED) is 0.821. The molecule has 0 radical (unpaired) electrons. The Labute approximate surface area is 123 Å². The van der Waals surface area contributed by atoms with Crippen LogP contribution >= 0.6 is 11.3 Å². The van der Waals surface area contributed by atoms with Gasteiger partial charge in [-0.05, 0) is 41.7 Å². The van der Waals surface area contributed by atoms with Crippen molar-refractivity contribution in [3.8, 4) is 0 Å². The smallest absolute Gasteiger partial charge is 0.308 e. The van der Waals surface area contributed by atoms with Crippen molar-refractivity contribution in [3.05, 3.63) is 22.4 Å². The van der Waals surface area contributed by atoms with Gasteiger partial charge in [0.25, 0.3) is 0 Å². The van der Waals surface area contributed by atoms with Crippen molar-refractivity contribution in [3.63, 3.8) is 0 Å². The summed E-state index contributed by atoms with van der Waals surface area (Å²) in [4.78, 5) is 23.3. The fraction of sp³-hybridized carbons (Fsp3) is 0.600. The topological polar surface area (TPSA) is 66.4 Å². The van der Waals surface area contributed by atoms with Gasteiger partial charge in [-0.15, -0.1) is 0 Å². The molecule has 4 nitrogen and oxygen atoms in total. The molecule has 1 aliphatic rings. The molecule has 0 saturated heterocycles. The Hall–Kier alpha value is -1.36. The number of thiophene rings is 1. The monoisotopic (exact) mass is 295 g/mol. The largest absolute Gasteiger partial charge is 0.481 e. The normalized spacial score (nSPS) is 23.0. The number of hydrogen-bond acceptors (Lipinski definition) is 3. The van der Waals surface area contributed by atoms with E-state index in [2.05, 4.69) is 5.32 Å². The number of carboxylic acids is 1. The fourth-order valence-corrected chi connectivity index (χ4v) is 3.45. The maximum absolute atomic E-state index is 12.0. The summed E-state index contributed by atoms with van der Waals surface area (Å²) in [5.41, 5.74) is 1.17. The number of aliphatic carboxylic acids is 1. The molecular formula is C15H21NO3S. The van der Waals surface area contributed by atoms with Gasteiger partial charge >= 0.3 is 5.97 Å². The van der Waals surface area contributed by atoms with E-state index in [0.29, 0.717) is 12.8 Å². The van der Waals surface area contributed by atoms with Gasteiger partial charge in [-0.1, -0.05) is 19.3 Å². The summed E-state index contributed by atoms with van der Waals surface area (Å²) >= 11 is 1.62. The number of carboxylic acid groups (broad SMARTS) is 1. The predicted molar refractivity (Wildman–Crippen MR) is 78.8 cm³/mol. The molecule has 0 spiro atoms. The van der Waals surface area contributed by atoms with Gasteiger partial charge < -0.3 is 10.4 Å². The highest BCUT2D eigenvalue weighted by Crippen LogP contribution is 2.24. The molecule has 1 amide bonds. The van der Waals surface area contributed by atoms with Crippen LogP contribution in [-0.2, 0) is 16.0 Å². The summed E-state index contributed by atoms with van der Waals surface area (Å²) in [5, 5.41) is 16.3. The van der Waals surface area contributed by atoms with Crippen molar-refractivity contribution in [2.24, 2.45) is 5.92 Å². The molecule has 1 aliphatic carbocycles. The van der Waals surface area contributed by atoms with Crippen molar-refractivity contribution in [1.29, 1.82) is 0 Å². The minimum Gasteiger partial charge on any atom is -0.481 e. The predicted octanol–water partition coefficient (Wildman–Crippen LogP) is 2.83. The number of carbonyl (C=O) groups is 2. The van der Waals surface area contributed by atoms with Gasteiger partial charge in [0.05, 0.1) is 5.92 Å². The van der Waals surface area contributed by atoms with Gasteiger partial charge in [0.2, 0.25) is 5.91 Å². The van der Waals surface area contributed by atoms with Gasteiger partial charge in [-0.2, -0.15) is 11.3 Å². The van der Waals surface area contributed by atoms with Crippen LogP contribution in [0, 0.1) is 5.92 Å². The van der Waals surface area contributed by atoms with Crippen LogP contribution in [0.15, 0.2) is 16.8 Å². The van der Waals surface area contributed by atoms with Crippen LogP contribution in [0.3, 0.4) is 0 Å². The first-order chi connectivity index (χ1) is 9.66. The highest BCUT2D eigenvalue weighted by Gasteiger charge is 2.30. The lowest BCUT2D eigenvalue weighted by Gasteiger charge is -2.22. The molecule has 110 valence electrons. The Morgan fingerprint density at radius 2 is 2.10 bits per heavy atom. The Morgan fingerprint density at radius 1 is 1.30 bits per heavy atom. The van der Waals surface area contributed by atoms with Gasteiger partial charge in [0.1, 0.15) is 0 Å². The lowest BCUT2D eigenvalue weighted by molar-refractivity contribution is -0.143. The molecular weight excluding hydrogens is 274 g/mol. The summed E-state index contributed by atoms with van der Waals surface area (Å²) in [6.45, 7) is 0. The van der Waals surface area contributed by atoms with Gasteiger partial charge in [0.15, 0.2) is 0 Å². The highest BCUT2D eigenvalue weighted by atomic mass is 32.1. The van der Waals surface area contributed by atoms with Crippen molar-refractivity contribution < 1.29 is 14.7 Å². The van der Waals surface area contributed by atoms with Crippen LogP contribution in [-0.4, -0.2) is 23.0 Å². The van der Waals surface area contributed by atoms with Gasteiger partial charge in [0, 0.05) is 12.5 Å². The summed E-state index contributed by atoms with van der Waals surface area (Å²) in [7, 11) is 0. The molecule has 2 atom stereocenters. The summed E-state index contributed by atoms with van der Waals surface area (Å²) in [5.74, 6) is -1.24. The molecule has 1 saturated carbocycles. The lowest BCUT2D eigenvalue weighted by Crippen LogP contribution is -2.42. The maximum atomic E-state index is 12.0. The fourth-order valence-electron chi connectivity index (χ4n) is 2.75. The van der Waals surface area contributed by atoms with E-state index >= 15 is 0 Å². The minimum atomic E-state index is -0.782. The first-order valence-electron chi connectivity index (χ1n) is 7.20. The molecule has 2 rings (SSSR count). The van der Waals surface area contributed by atoms with Gasteiger partial charge in [-0.3, -0.25) is 9.59 Å². The molecule has 2 N–H and O–H groups in total. The molecule has 0 aromatic carbocycles. The molecule has 1 fully saturated rings. The average Bonchev–Trinajstić information content (AvgIpc) is 2.82. The Balaban J connectivity index is 1.85. The summed E-state index contributed by atoms with van der Waals surface area (Å²) in [6.07, 6.45) is 5.61. The Kier molecular flexibility index (Phi) is 5.59. The van der Waals surface area contributed by atoms with Gasteiger partial charge in [-0.25, -0.2) is 0 Å². The van der Waals surface area contributed by atoms with Crippen LogP contribution < -0.4 is 5.32 Å². The number of aryl methyl sites for hydroxylation is 1.